The minimum Gasteiger partial charge on any atom is -0.493 e. The van der Waals surface area contributed by atoms with Gasteiger partial charge in [-0.15, -0.1) is 0 Å². The van der Waals surface area contributed by atoms with Crippen molar-refractivity contribution in [1.82, 2.24) is 4.90 Å². The third-order valence-electron chi connectivity index (χ3n) is 5.36. The number of esters is 1. The number of allylic oxidation sites excluding steroid dienone is 1. The molecule has 9 heteroatoms. The number of thioether (sulfide) groups is 1. The van der Waals surface area contributed by atoms with Crippen molar-refractivity contribution in [2.75, 3.05) is 13.7 Å². The molecule has 2 atom stereocenters. The molecule has 1 aromatic carbocycles. The number of thiocarbonyl (C=S) groups is 1. The van der Waals surface area contributed by atoms with Crippen molar-refractivity contribution in [1.29, 1.82) is 0 Å². The van der Waals surface area contributed by atoms with Crippen LogP contribution in [-0.4, -0.2) is 34.8 Å². The van der Waals surface area contributed by atoms with Gasteiger partial charge in [0, 0.05) is 6.54 Å². The van der Waals surface area contributed by atoms with Crippen LogP contribution in [0.2, 0.25) is 0 Å². The largest absolute Gasteiger partial charge is 0.493 e. The second-order valence-electron chi connectivity index (χ2n) is 7.54. The van der Waals surface area contributed by atoms with Crippen molar-refractivity contribution >= 4 is 69.5 Å². The summed E-state index contributed by atoms with van der Waals surface area (Å²) < 4.78 is 11.7. The molecule has 1 aliphatic carbocycles. The summed E-state index contributed by atoms with van der Waals surface area (Å²) in [4.78, 5) is 27.2. The van der Waals surface area contributed by atoms with Crippen molar-refractivity contribution in [2.24, 2.45) is 17.3 Å². The molecule has 160 valence electrons. The molecule has 30 heavy (non-hydrogen) atoms. The van der Waals surface area contributed by atoms with E-state index in [1.54, 1.807) is 35.3 Å². The van der Waals surface area contributed by atoms with Crippen molar-refractivity contribution in [2.45, 2.75) is 20.8 Å². The standard InChI is InChI=1S/C21H21Cl2NO4S2/c1-5-24-18(25)15(30-20(24)29)9-11-6-7-13(14(8-11)27-4)28-19(26)17-12(10-16(22)23)21(17,2)3/h6-10,12,17H,5H2,1-4H3/b15-9-/t12-,17-/m0/s1. The van der Waals surface area contributed by atoms with E-state index in [0.717, 1.165) is 5.56 Å². The fourth-order valence-corrected chi connectivity index (χ4v) is 5.18. The van der Waals surface area contributed by atoms with E-state index >= 15 is 0 Å². The first-order valence-corrected chi connectivity index (χ1v) is 11.3. The smallest absolute Gasteiger partial charge is 0.315 e. The first kappa shape index (κ1) is 23.1. The van der Waals surface area contributed by atoms with Gasteiger partial charge in [0.05, 0.1) is 17.9 Å². The molecule has 1 heterocycles. The summed E-state index contributed by atoms with van der Waals surface area (Å²) in [6.45, 7) is 6.33. The Kier molecular flexibility index (Phi) is 6.87. The van der Waals surface area contributed by atoms with Crippen molar-refractivity contribution in [3.05, 3.63) is 39.2 Å². The fraction of sp³-hybridized carbons (Fsp3) is 0.381. The summed E-state index contributed by atoms with van der Waals surface area (Å²) >= 11 is 18.0. The average Bonchev–Trinajstić information content (AvgIpc) is 3.09. The molecule has 1 aromatic rings. The Balaban J connectivity index is 1.78. The molecule has 0 N–H and O–H groups in total. The molecular weight excluding hydrogens is 465 g/mol. The van der Waals surface area contributed by atoms with Crippen molar-refractivity contribution in [3.8, 4) is 11.5 Å². The van der Waals surface area contributed by atoms with E-state index in [2.05, 4.69) is 0 Å². The zero-order chi connectivity index (χ0) is 22.2. The lowest BCUT2D eigenvalue weighted by molar-refractivity contribution is -0.136. The molecule has 0 unspecified atom stereocenters. The maximum Gasteiger partial charge on any atom is 0.315 e. The fourth-order valence-electron chi connectivity index (χ4n) is 3.53. The van der Waals surface area contributed by atoms with Gasteiger partial charge >= 0.3 is 5.97 Å². The van der Waals surface area contributed by atoms with Crippen LogP contribution in [0.25, 0.3) is 6.08 Å². The summed E-state index contributed by atoms with van der Waals surface area (Å²) in [6.07, 6.45) is 3.41. The van der Waals surface area contributed by atoms with Crippen LogP contribution in [0.15, 0.2) is 33.7 Å². The highest BCUT2D eigenvalue weighted by atomic mass is 35.5. The zero-order valence-corrected chi connectivity index (χ0v) is 20.0. The highest BCUT2D eigenvalue weighted by molar-refractivity contribution is 8.26. The monoisotopic (exact) mass is 485 g/mol. The number of ether oxygens (including phenoxy) is 2. The molecule has 2 aliphatic rings. The van der Waals surface area contributed by atoms with Crippen molar-refractivity contribution < 1.29 is 19.1 Å². The van der Waals surface area contributed by atoms with Crippen LogP contribution >= 0.6 is 47.2 Å². The van der Waals surface area contributed by atoms with Gasteiger partial charge in [-0.25, -0.2) is 0 Å². The van der Waals surface area contributed by atoms with Gasteiger partial charge in [0.25, 0.3) is 5.91 Å². The molecule has 5 nitrogen and oxygen atoms in total. The number of likely N-dealkylation sites (N-methyl/N-ethyl adjacent to an activating group) is 1. The number of methoxy groups -OCH3 is 1. The number of rotatable bonds is 6. The Labute approximate surface area is 195 Å². The number of hydrogen-bond acceptors (Lipinski definition) is 6. The number of benzene rings is 1. The molecule has 0 spiro atoms. The van der Waals surface area contributed by atoms with Crippen LogP contribution in [0.5, 0.6) is 11.5 Å². The van der Waals surface area contributed by atoms with Gasteiger partial charge < -0.3 is 9.47 Å². The third kappa shape index (κ3) is 4.54. The Morgan fingerprint density at radius 1 is 1.33 bits per heavy atom. The number of nitrogens with zero attached hydrogens (tertiary/aromatic N) is 1. The van der Waals surface area contributed by atoms with E-state index in [0.29, 0.717) is 27.3 Å². The Hall–Kier alpha value is -1.54. The van der Waals surface area contributed by atoms with E-state index in [9.17, 15) is 9.59 Å². The molecule has 1 amide bonds. The van der Waals surface area contributed by atoms with E-state index in [-0.39, 0.29) is 33.6 Å². The summed E-state index contributed by atoms with van der Waals surface area (Å²) in [6, 6.07) is 5.12. The quantitative estimate of drug-likeness (QED) is 0.232. The van der Waals surface area contributed by atoms with Crippen LogP contribution in [0.1, 0.15) is 26.3 Å². The summed E-state index contributed by atoms with van der Waals surface area (Å²) in [7, 11) is 1.49. The topological polar surface area (TPSA) is 55.8 Å². The minimum atomic E-state index is -0.370. The van der Waals surface area contributed by atoms with Gasteiger partial charge in [-0.05, 0) is 48.1 Å². The molecule has 1 saturated heterocycles. The molecule has 1 aliphatic heterocycles. The van der Waals surface area contributed by atoms with Gasteiger partial charge in [-0.2, -0.15) is 0 Å². The summed E-state index contributed by atoms with van der Waals surface area (Å²) in [5.41, 5.74) is 0.456. The number of carbonyl (C=O) groups is 2. The van der Waals surface area contributed by atoms with E-state index in [1.807, 2.05) is 20.8 Å². The van der Waals surface area contributed by atoms with Gasteiger partial charge in [0.15, 0.2) is 11.5 Å². The zero-order valence-electron chi connectivity index (χ0n) is 16.9. The second kappa shape index (κ2) is 8.91. The van der Waals surface area contributed by atoms with E-state index in [1.165, 1.54) is 18.9 Å². The van der Waals surface area contributed by atoms with Crippen LogP contribution in [0.3, 0.4) is 0 Å². The summed E-state index contributed by atoms with van der Waals surface area (Å²) in [5, 5.41) is 0. The molecule has 0 bridgehead atoms. The predicted octanol–water partition coefficient (Wildman–Crippen LogP) is 5.41. The molecule has 2 fully saturated rings. The molecule has 3 rings (SSSR count). The van der Waals surface area contributed by atoms with Crippen LogP contribution < -0.4 is 9.47 Å². The highest BCUT2D eigenvalue weighted by Gasteiger charge is 2.61. The first-order valence-electron chi connectivity index (χ1n) is 9.28. The van der Waals surface area contributed by atoms with Gasteiger partial charge in [-0.3, -0.25) is 14.5 Å². The van der Waals surface area contributed by atoms with Gasteiger partial charge in [-0.1, -0.05) is 67.1 Å². The minimum absolute atomic E-state index is 0.0826. The lowest BCUT2D eigenvalue weighted by Crippen LogP contribution is -2.27. The lowest BCUT2D eigenvalue weighted by atomic mass is 10.1. The van der Waals surface area contributed by atoms with E-state index < -0.39 is 0 Å². The molecule has 0 aromatic heterocycles. The Morgan fingerprint density at radius 2 is 2.03 bits per heavy atom. The number of halogens is 2. The van der Waals surface area contributed by atoms with Gasteiger partial charge in [0.1, 0.15) is 8.81 Å². The highest BCUT2D eigenvalue weighted by Crippen LogP contribution is 2.60. The molecular formula is C21H21Cl2NO4S2. The van der Waals surface area contributed by atoms with Crippen LogP contribution in [-0.2, 0) is 9.59 Å². The predicted molar refractivity (Wildman–Crippen MR) is 125 cm³/mol. The van der Waals surface area contributed by atoms with Gasteiger partial charge in [0.2, 0.25) is 0 Å². The average molecular weight is 486 g/mol. The normalized spacial score (nSPS) is 23.5. The number of carbonyl (C=O) groups excluding carboxylic acids is 2. The van der Waals surface area contributed by atoms with E-state index in [4.69, 9.17) is 44.9 Å². The van der Waals surface area contributed by atoms with Crippen LogP contribution in [0.4, 0.5) is 0 Å². The maximum atomic E-state index is 12.7. The number of amides is 1. The number of hydrogen-bond donors (Lipinski definition) is 0. The SMILES string of the molecule is CCN1C(=O)/C(=C/c2ccc(OC(=O)[C@@H]3[C@H](C=C(Cl)Cl)C3(C)C)c(OC)c2)SC1=S. The van der Waals surface area contributed by atoms with Crippen molar-refractivity contribution in [3.63, 3.8) is 0 Å². The van der Waals surface area contributed by atoms with Crippen LogP contribution in [0, 0.1) is 17.3 Å². The molecule has 1 saturated carbocycles. The third-order valence-corrected chi connectivity index (χ3v) is 6.99. The Bertz CT molecular complexity index is 970. The summed E-state index contributed by atoms with van der Waals surface area (Å²) in [5.74, 6) is -0.210. The maximum absolute atomic E-state index is 12.7. The molecule has 0 radical (unpaired) electrons. The Morgan fingerprint density at radius 3 is 2.60 bits per heavy atom. The second-order valence-corrected chi connectivity index (χ2v) is 10.2. The lowest BCUT2D eigenvalue weighted by Gasteiger charge is -2.11. The first-order chi connectivity index (χ1) is 14.1.